The van der Waals surface area contributed by atoms with Crippen LogP contribution < -0.4 is 5.32 Å². The fourth-order valence-electron chi connectivity index (χ4n) is 1.82. The Morgan fingerprint density at radius 3 is 2.65 bits per heavy atom. The lowest BCUT2D eigenvalue weighted by Crippen LogP contribution is -2.15. The van der Waals surface area contributed by atoms with E-state index < -0.39 is 0 Å². The van der Waals surface area contributed by atoms with Gasteiger partial charge in [-0.3, -0.25) is 4.79 Å². The van der Waals surface area contributed by atoms with Crippen molar-refractivity contribution in [3.8, 4) is 0 Å². The molecule has 0 aliphatic heterocycles. The molecule has 20 heavy (non-hydrogen) atoms. The molecule has 0 bridgehead atoms. The van der Waals surface area contributed by atoms with Crippen LogP contribution in [0.5, 0.6) is 0 Å². The van der Waals surface area contributed by atoms with E-state index in [1.807, 2.05) is 53.8 Å². The summed E-state index contributed by atoms with van der Waals surface area (Å²) in [5.74, 6) is -0.588. The first-order valence-electron chi connectivity index (χ1n) is 5.98. The predicted octanol–water partition coefficient (Wildman–Crippen LogP) is 5.14. The number of carbonyl (C=O) groups is 1. The Balaban J connectivity index is 2.28. The van der Waals surface area contributed by atoms with Crippen molar-refractivity contribution >= 4 is 50.1 Å². The lowest BCUT2D eigenvalue weighted by atomic mass is 10.1. The number of halogens is 3. The van der Waals surface area contributed by atoms with Crippen molar-refractivity contribution < 1.29 is 9.18 Å². The molecule has 5 heteroatoms. The molecule has 0 aliphatic carbocycles. The van der Waals surface area contributed by atoms with Gasteiger partial charge in [-0.1, -0.05) is 34.1 Å². The molecule has 2 aromatic rings. The Kier molecular flexibility index (Phi) is 5.15. The number of benzene rings is 2. The fourth-order valence-corrected chi connectivity index (χ4v) is 2.94. The van der Waals surface area contributed by atoms with Gasteiger partial charge in [0.15, 0.2) is 0 Å². The molecule has 2 aromatic carbocycles. The highest BCUT2D eigenvalue weighted by atomic mass is 127. The van der Waals surface area contributed by atoms with Crippen LogP contribution >= 0.6 is 38.5 Å². The Morgan fingerprint density at radius 1 is 1.30 bits per heavy atom. The monoisotopic (exact) mass is 447 g/mol. The number of carbonyl (C=O) groups excluding carboxylic acids is 1. The fraction of sp³-hybridized carbons (Fsp3) is 0.133. The van der Waals surface area contributed by atoms with Crippen LogP contribution in [-0.2, 0) is 0 Å². The summed E-state index contributed by atoms with van der Waals surface area (Å²) in [6.07, 6.45) is 0. The van der Waals surface area contributed by atoms with Crippen LogP contribution in [-0.4, -0.2) is 5.91 Å². The first-order chi connectivity index (χ1) is 9.49. The summed E-state index contributed by atoms with van der Waals surface area (Å²) in [6, 6.07) is 11.7. The van der Waals surface area contributed by atoms with Crippen LogP contribution in [0.15, 0.2) is 42.5 Å². The standard InChI is InChI=1S/C15H12BrFINO/c1-9(16)11-4-2-3-5-14(11)19-15(20)12-7-6-10(17)8-13(12)18/h2-9H,1H3,(H,19,20). The van der Waals surface area contributed by atoms with Gasteiger partial charge in [-0.15, -0.1) is 0 Å². The molecule has 0 aliphatic rings. The molecule has 0 aromatic heterocycles. The second-order valence-corrected chi connectivity index (χ2v) is 6.82. The summed E-state index contributed by atoms with van der Waals surface area (Å²) in [5, 5.41) is 2.87. The van der Waals surface area contributed by atoms with Crippen molar-refractivity contribution in [3.05, 3.63) is 63.0 Å². The van der Waals surface area contributed by atoms with Gasteiger partial charge in [-0.25, -0.2) is 4.39 Å². The van der Waals surface area contributed by atoms with Gasteiger partial charge < -0.3 is 5.32 Å². The lowest BCUT2D eigenvalue weighted by Gasteiger charge is -2.13. The van der Waals surface area contributed by atoms with Crippen molar-refractivity contribution in [3.63, 3.8) is 0 Å². The van der Waals surface area contributed by atoms with Crippen LogP contribution in [0.3, 0.4) is 0 Å². The molecule has 2 nitrogen and oxygen atoms in total. The summed E-state index contributed by atoms with van der Waals surface area (Å²) in [7, 11) is 0. The third-order valence-corrected chi connectivity index (χ3v) is 4.20. The minimum Gasteiger partial charge on any atom is -0.322 e. The average Bonchev–Trinajstić information content (AvgIpc) is 2.38. The van der Waals surface area contributed by atoms with Gasteiger partial charge in [0.25, 0.3) is 5.91 Å². The van der Waals surface area contributed by atoms with E-state index in [2.05, 4.69) is 21.2 Å². The smallest absolute Gasteiger partial charge is 0.256 e. The Labute approximate surface area is 139 Å². The number of hydrogen-bond donors (Lipinski definition) is 1. The number of alkyl halides is 1. The van der Waals surface area contributed by atoms with Crippen LogP contribution in [0.2, 0.25) is 0 Å². The van der Waals surface area contributed by atoms with E-state index in [4.69, 9.17) is 0 Å². The van der Waals surface area contributed by atoms with E-state index in [0.717, 1.165) is 11.3 Å². The number of amides is 1. The molecule has 0 heterocycles. The first-order valence-corrected chi connectivity index (χ1v) is 7.98. The topological polar surface area (TPSA) is 29.1 Å². The van der Waals surface area contributed by atoms with E-state index in [-0.39, 0.29) is 16.6 Å². The van der Waals surface area contributed by atoms with Crippen molar-refractivity contribution in [2.75, 3.05) is 5.32 Å². The van der Waals surface area contributed by atoms with Crippen LogP contribution in [0, 0.1) is 9.39 Å². The van der Waals surface area contributed by atoms with Crippen LogP contribution in [0.25, 0.3) is 0 Å². The molecule has 1 unspecified atom stereocenters. The van der Waals surface area contributed by atoms with Crippen molar-refractivity contribution in [2.45, 2.75) is 11.8 Å². The molecule has 0 radical (unpaired) electrons. The van der Waals surface area contributed by atoms with Gasteiger partial charge >= 0.3 is 0 Å². The maximum atomic E-state index is 13.1. The predicted molar refractivity (Wildman–Crippen MR) is 90.9 cm³/mol. The molecule has 1 N–H and O–H groups in total. The zero-order valence-electron chi connectivity index (χ0n) is 10.7. The van der Waals surface area contributed by atoms with Crippen LogP contribution in [0.4, 0.5) is 10.1 Å². The number of para-hydroxylation sites is 1. The van der Waals surface area contributed by atoms with E-state index in [0.29, 0.717) is 9.13 Å². The van der Waals surface area contributed by atoms with E-state index in [1.165, 1.54) is 18.2 Å². The normalized spacial score (nSPS) is 12.0. The molecular weight excluding hydrogens is 436 g/mol. The zero-order chi connectivity index (χ0) is 14.7. The molecule has 1 atom stereocenters. The number of anilines is 1. The van der Waals surface area contributed by atoms with Gasteiger partial charge in [0, 0.05) is 14.1 Å². The van der Waals surface area contributed by atoms with Gasteiger partial charge in [0.2, 0.25) is 0 Å². The molecule has 0 spiro atoms. The first kappa shape index (κ1) is 15.4. The van der Waals surface area contributed by atoms with Crippen molar-refractivity contribution in [1.82, 2.24) is 0 Å². The maximum Gasteiger partial charge on any atom is 0.256 e. The van der Waals surface area contributed by atoms with Crippen molar-refractivity contribution in [1.29, 1.82) is 0 Å². The summed E-state index contributed by atoms with van der Waals surface area (Å²) in [5.41, 5.74) is 2.21. The van der Waals surface area contributed by atoms with E-state index in [1.54, 1.807) is 0 Å². The largest absolute Gasteiger partial charge is 0.322 e. The molecule has 104 valence electrons. The SMILES string of the molecule is CC(Br)c1ccccc1NC(=O)c1ccc(F)cc1I. The third kappa shape index (κ3) is 3.58. The Bertz CT molecular complexity index is 646. The van der Waals surface area contributed by atoms with Gasteiger partial charge in [-0.05, 0) is 59.3 Å². The Morgan fingerprint density at radius 2 is 2.00 bits per heavy atom. The van der Waals surface area contributed by atoms with Crippen LogP contribution in [0.1, 0.15) is 27.7 Å². The zero-order valence-corrected chi connectivity index (χ0v) is 14.4. The summed E-state index contributed by atoms with van der Waals surface area (Å²) in [6.45, 7) is 1.99. The maximum absolute atomic E-state index is 13.1. The number of nitrogens with one attached hydrogen (secondary N) is 1. The minimum absolute atomic E-state index is 0.131. The van der Waals surface area contributed by atoms with Gasteiger partial charge in [-0.2, -0.15) is 0 Å². The molecule has 0 fully saturated rings. The average molecular weight is 448 g/mol. The van der Waals surface area contributed by atoms with Gasteiger partial charge in [0.1, 0.15) is 5.82 Å². The highest BCUT2D eigenvalue weighted by Crippen LogP contribution is 2.29. The highest BCUT2D eigenvalue weighted by molar-refractivity contribution is 14.1. The molecule has 0 saturated heterocycles. The summed E-state index contributed by atoms with van der Waals surface area (Å²) in [4.78, 5) is 12.4. The number of hydrogen-bond acceptors (Lipinski definition) is 1. The molecular formula is C15H12BrFINO. The number of rotatable bonds is 3. The van der Waals surface area contributed by atoms with Crippen molar-refractivity contribution in [2.24, 2.45) is 0 Å². The van der Waals surface area contributed by atoms with E-state index >= 15 is 0 Å². The third-order valence-electron chi connectivity index (χ3n) is 2.81. The highest BCUT2D eigenvalue weighted by Gasteiger charge is 2.14. The molecule has 2 rings (SSSR count). The van der Waals surface area contributed by atoms with E-state index in [9.17, 15) is 9.18 Å². The summed E-state index contributed by atoms with van der Waals surface area (Å²) < 4.78 is 13.7. The quantitative estimate of drug-likeness (QED) is 0.512. The molecule has 1 amide bonds. The summed E-state index contributed by atoms with van der Waals surface area (Å²) >= 11 is 5.46. The Hall–Kier alpha value is -0.950. The second kappa shape index (κ2) is 6.67. The second-order valence-electron chi connectivity index (χ2n) is 4.28. The molecule has 0 saturated carbocycles. The minimum atomic E-state index is -0.347. The lowest BCUT2D eigenvalue weighted by molar-refractivity contribution is 0.102. The van der Waals surface area contributed by atoms with Gasteiger partial charge in [0.05, 0.1) is 5.56 Å².